The normalized spacial score (nSPS) is 18.2. The van der Waals surface area contributed by atoms with Gasteiger partial charge < -0.3 is 18.9 Å². The Morgan fingerprint density at radius 1 is 0.846 bits per heavy atom. The molecule has 1 aliphatic heterocycles. The van der Waals surface area contributed by atoms with Gasteiger partial charge >= 0.3 is 23.9 Å². The fourth-order valence-corrected chi connectivity index (χ4v) is 5.35. The van der Waals surface area contributed by atoms with Crippen molar-refractivity contribution in [2.45, 2.75) is 57.0 Å². The van der Waals surface area contributed by atoms with Crippen molar-refractivity contribution in [1.29, 1.82) is 0 Å². The Kier molecular flexibility index (Phi) is 9.85. The van der Waals surface area contributed by atoms with Crippen molar-refractivity contribution < 1.29 is 38.1 Å². The molecule has 1 fully saturated rings. The summed E-state index contributed by atoms with van der Waals surface area (Å²) in [6, 6.07) is 0. The van der Waals surface area contributed by atoms with Gasteiger partial charge in [-0.2, -0.15) is 0 Å². The highest BCUT2D eigenvalue weighted by Crippen LogP contribution is 2.37. The Labute approximate surface area is 161 Å². The number of carbonyl (C=O) groups is 4. The van der Waals surface area contributed by atoms with E-state index in [1.54, 1.807) is 23.5 Å². The van der Waals surface area contributed by atoms with E-state index in [1.807, 2.05) is 0 Å². The lowest BCUT2D eigenvalue weighted by molar-refractivity contribution is -0.187. The molecule has 1 rings (SSSR count). The molecule has 3 atom stereocenters. The average molecular weight is 408 g/mol. The second kappa shape index (κ2) is 11.3. The molecule has 0 N–H and O–H groups in total. The first kappa shape index (κ1) is 22.6. The monoisotopic (exact) mass is 408 g/mol. The first-order chi connectivity index (χ1) is 12.2. The number of carbonyl (C=O) groups excluding carboxylic acids is 4. The molecular formula is C16H24O8S2. The molecule has 10 heteroatoms. The van der Waals surface area contributed by atoms with Crippen molar-refractivity contribution in [2.24, 2.45) is 0 Å². The van der Waals surface area contributed by atoms with Gasteiger partial charge in [-0.1, -0.05) is 0 Å². The molecule has 0 aromatic carbocycles. The molecule has 1 saturated heterocycles. The number of hydrogen-bond acceptors (Lipinski definition) is 10. The minimum Gasteiger partial charge on any atom is -0.462 e. The molecule has 26 heavy (non-hydrogen) atoms. The van der Waals surface area contributed by atoms with Crippen LogP contribution < -0.4 is 0 Å². The summed E-state index contributed by atoms with van der Waals surface area (Å²) in [7, 11) is 0. The smallest absolute Gasteiger partial charge is 0.303 e. The van der Waals surface area contributed by atoms with Crippen LogP contribution in [0.3, 0.4) is 0 Å². The highest BCUT2D eigenvalue weighted by molar-refractivity contribution is 8.17. The minimum atomic E-state index is -1.09. The largest absolute Gasteiger partial charge is 0.462 e. The summed E-state index contributed by atoms with van der Waals surface area (Å²) >= 11 is 3.15. The summed E-state index contributed by atoms with van der Waals surface area (Å²) in [6.07, 6.45) is -2.03. The van der Waals surface area contributed by atoms with Gasteiger partial charge in [0.05, 0.1) is 4.58 Å². The molecule has 1 aliphatic rings. The summed E-state index contributed by atoms with van der Waals surface area (Å²) in [5.74, 6) is -0.653. The maximum absolute atomic E-state index is 11.6. The third kappa shape index (κ3) is 8.31. The molecule has 0 radical (unpaired) electrons. The fourth-order valence-electron chi connectivity index (χ4n) is 2.32. The lowest BCUT2D eigenvalue weighted by Crippen LogP contribution is -2.51. The van der Waals surface area contributed by atoms with Crippen LogP contribution in [0.15, 0.2) is 0 Å². The molecule has 0 bridgehead atoms. The van der Waals surface area contributed by atoms with Crippen LogP contribution in [0.5, 0.6) is 0 Å². The SMILES string of the molecule is CC(=O)OC[C@@H](OC(C)=O)[C@@H](OC(C)=O)[C@@H](OC(C)=O)C1SCCCS1. The van der Waals surface area contributed by atoms with E-state index in [0.29, 0.717) is 0 Å². The standard InChI is InChI=1S/C16H24O8S2/c1-9(17)21-8-13(22-10(2)18)14(23-11(3)19)15(24-12(4)20)16-25-6-5-7-26-16/h13-16H,5-8H2,1-4H3/t13-,14-,15-/m1/s1. The molecule has 148 valence electrons. The molecule has 0 aliphatic carbocycles. The second-order valence-corrected chi connectivity index (χ2v) is 8.36. The summed E-state index contributed by atoms with van der Waals surface area (Å²) in [6.45, 7) is 4.55. The van der Waals surface area contributed by atoms with Gasteiger partial charge in [-0.25, -0.2) is 0 Å². The van der Waals surface area contributed by atoms with Gasteiger partial charge in [0.15, 0.2) is 18.3 Å². The first-order valence-corrected chi connectivity index (χ1v) is 10.2. The summed E-state index contributed by atoms with van der Waals surface area (Å²) < 4.78 is 20.7. The molecule has 0 aromatic heterocycles. The van der Waals surface area contributed by atoms with Gasteiger partial charge in [-0.15, -0.1) is 23.5 Å². The van der Waals surface area contributed by atoms with E-state index in [0.717, 1.165) is 17.9 Å². The maximum atomic E-state index is 11.6. The van der Waals surface area contributed by atoms with E-state index in [4.69, 9.17) is 18.9 Å². The zero-order valence-electron chi connectivity index (χ0n) is 15.2. The highest BCUT2D eigenvalue weighted by atomic mass is 32.2. The predicted octanol–water partition coefficient (Wildman–Crippen LogP) is 1.54. The topological polar surface area (TPSA) is 105 Å². The van der Waals surface area contributed by atoms with Crippen molar-refractivity contribution >= 4 is 47.4 Å². The molecule has 0 saturated carbocycles. The van der Waals surface area contributed by atoms with Crippen LogP contribution in [0, 0.1) is 0 Å². The van der Waals surface area contributed by atoms with Crippen molar-refractivity contribution in [3.63, 3.8) is 0 Å². The van der Waals surface area contributed by atoms with Gasteiger partial charge in [0.25, 0.3) is 0 Å². The maximum Gasteiger partial charge on any atom is 0.303 e. The number of hydrogen-bond donors (Lipinski definition) is 0. The summed E-state index contributed by atoms with van der Waals surface area (Å²) in [4.78, 5) is 45.9. The third-order valence-electron chi connectivity index (χ3n) is 3.18. The van der Waals surface area contributed by atoms with Gasteiger partial charge in [-0.05, 0) is 17.9 Å². The number of thioether (sulfide) groups is 2. The van der Waals surface area contributed by atoms with Gasteiger partial charge in [0, 0.05) is 27.7 Å². The Morgan fingerprint density at radius 2 is 1.38 bits per heavy atom. The van der Waals surface area contributed by atoms with Crippen LogP contribution in [-0.4, -0.2) is 64.9 Å². The Balaban J connectivity index is 3.13. The summed E-state index contributed by atoms with van der Waals surface area (Å²) in [5, 5.41) is 0. The minimum absolute atomic E-state index is 0.201. The highest BCUT2D eigenvalue weighted by Gasteiger charge is 2.43. The Bertz CT molecular complexity index is 518. The van der Waals surface area contributed by atoms with E-state index in [1.165, 1.54) is 27.7 Å². The van der Waals surface area contributed by atoms with Crippen LogP contribution in [0.4, 0.5) is 0 Å². The summed E-state index contributed by atoms with van der Waals surface area (Å²) in [5.41, 5.74) is 0. The van der Waals surface area contributed by atoms with Crippen LogP contribution in [0.2, 0.25) is 0 Å². The lowest BCUT2D eigenvalue weighted by atomic mass is 10.1. The predicted molar refractivity (Wildman–Crippen MR) is 96.6 cm³/mol. The fraction of sp³-hybridized carbons (Fsp3) is 0.750. The zero-order valence-corrected chi connectivity index (χ0v) is 16.9. The molecule has 0 aromatic rings. The van der Waals surface area contributed by atoms with E-state index >= 15 is 0 Å². The molecule has 0 unspecified atom stereocenters. The van der Waals surface area contributed by atoms with Crippen molar-refractivity contribution in [3.05, 3.63) is 0 Å². The lowest BCUT2D eigenvalue weighted by Gasteiger charge is -2.36. The molecule has 1 heterocycles. The van der Waals surface area contributed by atoms with E-state index < -0.39 is 42.2 Å². The second-order valence-electron chi connectivity index (χ2n) is 5.56. The van der Waals surface area contributed by atoms with Gasteiger partial charge in [0.2, 0.25) is 0 Å². The van der Waals surface area contributed by atoms with Crippen LogP contribution in [0.25, 0.3) is 0 Å². The molecule has 8 nitrogen and oxygen atoms in total. The average Bonchev–Trinajstić information content (AvgIpc) is 2.54. The van der Waals surface area contributed by atoms with E-state index in [2.05, 4.69) is 0 Å². The molecule has 0 spiro atoms. The van der Waals surface area contributed by atoms with Gasteiger partial charge in [-0.3, -0.25) is 19.2 Å². The number of ether oxygens (including phenoxy) is 4. The van der Waals surface area contributed by atoms with Crippen LogP contribution >= 0.6 is 23.5 Å². The number of esters is 4. The van der Waals surface area contributed by atoms with Crippen LogP contribution in [-0.2, 0) is 38.1 Å². The van der Waals surface area contributed by atoms with E-state index in [-0.39, 0.29) is 11.2 Å². The van der Waals surface area contributed by atoms with Crippen LogP contribution in [0.1, 0.15) is 34.1 Å². The Morgan fingerprint density at radius 3 is 1.85 bits per heavy atom. The van der Waals surface area contributed by atoms with Gasteiger partial charge in [0.1, 0.15) is 6.61 Å². The zero-order chi connectivity index (χ0) is 19.7. The molecular weight excluding hydrogens is 384 g/mol. The third-order valence-corrected chi connectivity index (χ3v) is 6.24. The van der Waals surface area contributed by atoms with Crippen molar-refractivity contribution in [1.82, 2.24) is 0 Å². The van der Waals surface area contributed by atoms with Crippen molar-refractivity contribution in [3.8, 4) is 0 Å². The van der Waals surface area contributed by atoms with E-state index in [9.17, 15) is 19.2 Å². The first-order valence-electron chi connectivity index (χ1n) is 8.09. The quantitative estimate of drug-likeness (QED) is 0.434. The molecule has 0 amide bonds. The Hall–Kier alpha value is -1.42. The number of rotatable bonds is 8. The van der Waals surface area contributed by atoms with Crippen molar-refractivity contribution in [2.75, 3.05) is 18.1 Å².